The number of sulfonamides is 1. The number of alkyl halides is 1. The Hall–Kier alpha value is -2.00. The standard InChI is InChI=1S/C15H19FN2O5S/c1-10(2)17-24(22,23)12-5-3-4-11(8-12)13(19)18-7-6-15(16,9-18)14(20)21/h3-5,8,10,17H,6-7,9H2,1-2H3,(H,20,21). The van der Waals surface area contributed by atoms with Gasteiger partial charge in [0.15, 0.2) is 0 Å². The largest absolute Gasteiger partial charge is 0.479 e. The van der Waals surface area contributed by atoms with Crippen LogP contribution in [0.15, 0.2) is 29.2 Å². The number of carboxylic acids is 1. The summed E-state index contributed by atoms with van der Waals surface area (Å²) in [6.45, 7) is 2.75. The van der Waals surface area contributed by atoms with E-state index in [9.17, 15) is 22.4 Å². The molecule has 1 amide bonds. The molecule has 0 bridgehead atoms. The molecule has 1 atom stereocenters. The highest BCUT2D eigenvalue weighted by Gasteiger charge is 2.47. The number of carbonyl (C=O) groups excluding carboxylic acids is 1. The van der Waals surface area contributed by atoms with Crippen molar-refractivity contribution in [3.05, 3.63) is 29.8 Å². The molecule has 7 nitrogen and oxygen atoms in total. The van der Waals surface area contributed by atoms with E-state index >= 15 is 0 Å². The van der Waals surface area contributed by atoms with Gasteiger partial charge in [-0.2, -0.15) is 0 Å². The van der Waals surface area contributed by atoms with E-state index < -0.39 is 34.1 Å². The average molecular weight is 358 g/mol. The van der Waals surface area contributed by atoms with Crippen LogP contribution >= 0.6 is 0 Å². The summed E-state index contributed by atoms with van der Waals surface area (Å²) in [6.07, 6.45) is -0.291. The molecule has 0 aliphatic carbocycles. The normalized spacial score (nSPS) is 21.2. The molecule has 1 unspecified atom stereocenters. The summed E-state index contributed by atoms with van der Waals surface area (Å²) in [4.78, 5) is 24.3. The molecule has 0 spiro atoms. The van der Waals surface area contributed by atoms with Crippen molar-refractivity contribution in [3.63, 3.8) is 0 Å². The Balaban J connectivity index is 2.23. The van der Waals surface area contributed by atoms with Crippen LogP contribution < -0.4 is 4.72 Å². The van der Waals surface area contributed by atoms with Crippen molar-refractivity contribution in [2.75, 3.05) is 13.1 Å². The van der Waals surface area contributed by atoms with Gasteiger partial charge in [-0.15, -0.1) is 0 Å². The Morgan fingerprint density at radius 1 is 1.38 bits per heavy atom. The maximum atomic E-state index is 14.1. The van der Waals surface area contributed by atoms with Gasteiger partial charge in [0, 0.05) is 24.6 Å². The van der Waals surface area contributed by atoms with Gasteiger partial charge in [-0.05, 0) is 32.0 Å². The van der Waals surface area contributed by atoms with E-state index in [1.807, 2.05) is 0 Å². The van der Waals surface area contributed by atoms with E-state index in [1.165, 1.54) is 24.3 Å². The fourth-order valence-corrected chi connectivity index (χ4v) is 3.77. The molecule has 1 heterocycles. The second-order valence-electron chi connectivity index (χ2n) is 6.05. The molecule has 2 N–H and O–H groups in total. The van der Waals surface area contributed by atoms with Crippen molar-refractivity contribution < 1.29 is 27.5 Å². The van der Waals surface area contributed by atoms with Crippen LogP contribution in [0.5, 0.6) is 0 Å². The van der Waals surface area contributed by atoms with Crippen molar-refractivity contribution in [1.82, 2.24) is 9.62 Å². The summed E-state index contributed by atoms with van der Waals surface area (Å²) >= 11 is 0. The maximum Gasteiger partial charge on any atom is 0.343 e. The molecule has 132 valence electrons. The van der Waals surface area contributed by atoms with Gasteiger partial charge in [0.2, 0.25) is 15.7 Å². The molecule has 1 fully saturated rings. The second kappa shape index (κ2) is 6.48. The minimum atomic E-state index is -3.76. The zero-order valence-corrected chi connectivity index (χ0v) is 14.1. The van der Waals surface area contributed by atoms with Crippen LogP contribution in [0.4, 0.5) is 4.39 Å². The molecule has 0 saturated carbocycles. The summed E-state index contributed by atoms with van der Waals surface area (Å²) in [6, 6.07) is 5.07. The van der Waals surface area contributed by atoms with Gasteiger partial charge in [0.05, 0.1) is 11.4 Å². The monoisotopic (exact) mass is 358 g/mol. The number of nitrogens with zero attached hydrogens (tertiary/aromatic N) is 1. The number of hydrogen-bond donors (Lipinski definition) is 2. The van der Waals surface area contributed by atoms with E-state index in [4.69, 9.17) is 5.11 Å². The summed E-state index contributed by atoms with van der Waals surface area (Å²) in [7, 11) is -3.76. The van der Waals surface area contributed by atoms with Crippen molar-refractivity contribution >= 4 is 21.9 Å². The lowest BCUT2D eigenvalue weighted by Crippen LogP contribution is -2.39. The van der Waals surface area contributed by atoms with Crippen LogP contribution in [-0.2, 0) is 14.8 Å². The fraction of sp³-hybridized carbons (Fsp3) is 0.467. The van der Waals surface area contributed by atoms with Crippen LogP contribution in [0.2, 0.25) is 0 Å². The van der Waals surface area contributed by atoms with Crippen LogP contribution in [0.3, 0.4) is 0 Å². The Morgan fingerprint density at radius 2 is 2.04 bits per heavy atom. The van der Waals surface area contributed by atoms with Gasteiger partial charge in [-0.25, -0.2) is 22.3 Å². The SMILES string of the molecule is CC(C)NS(=O)(=O)c1cccc(C(=O)N2CCC(F)(C(=O)O)C2)c1. The first-order chi connectivity index (χ1) is 11.0. The number of nitrogens with one attached hydrogen (secondary N) is 1. The summed E-state index contributed by atoms with van der Waals surface area (Å²) < 4.78 is 40.8. The Morgan fingerprint density at radius 3 is 2.58 bits per heavy atom. The smallest absolute Gasteiger partial charge is 0.343 e. The summed E-state index contributed by atoms with van der Waals surface area (Å²) in [5.74, 6) is -2.20. The van der Waals surface area contributed by atoms with Gasteiger partial charge >= 0.3 is 5.97 Å². The van der Waals surface area contributed by atoms with E-state index in [-0.39, 0.29) is 29.5 Å². The molecular weight excluding hydrogens is 339 g/mol. The van der Waals surface area contributed by atoms with Gasteiger partial charge in [-0.3, -0.25) is 4.79 Å². The zero-order chi connectivity index (χ0) is 18.1. The van der Waals surface area contributed by atoms with Crippen LogP contribution in [-0.4, -0.2) is 55.1 Å². The van der Waals surface area contributed by atoms with Crippen LogP contribution in [0.25, 0.3) is 0 Å². The number of hydrogen-bond acceptors (Lipinski definition) is 4. The molecule has 9 heteroatoms. The number of aliphatic carboxylic acids is 1. The number of halogens is 1. The average Bonchev–Trinajstić information content (AvgIpc) is 2.89. The highest BCUT2D eigenvalue weighted by molar-refractivity contribution is 7.89. The minimum Gasteiger partial charge on any atom is -0.479 e. The first kappa shape index (κ1) is 18.3. The topological polar surface area (TPSA) is 104 Å². The van der Waals surface area contributed by atoms with Crippen LogP contribution in [0.1, 0.15) is 30.6 Å². The van der Waals surface area contributed by atoms with Gasteiger partial charge in [0.25, 0.3) is 5.91 Å². The lowest BCUT2D eigenvalue weighted by Gasteiger charge is -2.18. The zero-order valence-electron chi connectivity index (χ0n) is 13.3. The van der Waals surface area contributed by atoms with Crippen molar-refractivity contribution in [3.8, 4) is 0 Å². The molecular formula is C15H19FN2O5S. The quantitative estimate of drug-likeness (QED) is 0.818. The molecule has 1 saturated heterocycles. The number of carboxylic acid groups (broad SMARTS) is 1. The Labute approximate surface area is 139 Å². The first-order valence-corrected chi connectivity index (χ1v) is 8.87. The molecule has 2 rings (SSSR count). The number of rotatable bonds is 5. The third-order valence-electron chi connectivity index (χ3n) is 3.67. The highest BCUT2D eigenvalue weighted by atomic mass is 32.2. The Kier molecular flexibility index (Phi) is 4.95. The third kappa shape index (κ3) is 3.73. The predicted octanol–water partition coefficient (Wildman–Crippen LogP) is 1.01. The van der Waals surface area contributed by atoms with Gasteiger partial charge < -0.3 is 10.0 Å². The highest BCUT2D eigenvalue weighted by Crippen LogP contribution is 2.27. The molecule has 1 aliphatic rings. The van der Waals surface area contributed by atoms with Crippen molar-refractivity contribution in [2.24, 2.45) is 0 Å². The second-order valence-corrected chi connectivity index (χ2v) is 7.76. The summed E-state index contributed by atoms with van der Waals surface area (Å²) in [5, 5.41) is 8.88. The number of likely N-dealkylation sites (tertiary alicyclic amines) is 1. The molecule has 1 aliphatic heterocycles. The number of amides is 1. The summed E-state index contributed by atoms with van der Waals surface area (Å²) in [5.41, 5.74) is -2.39. The van der Waals surface area contributed by atoms with Gasteiger partial charge in [0.1, 0.15) is 0 Å². The van der Waals surface area contributed by atoms with E-state index in [0.717, 1.165) is 4.90 Å². The van der Waals surface area contributed by atoms with E-state index in [0.29, 0.717) is 0 Å². The fourth-order valence-electron chi connectivity index (χ4n) is 2.48. The van der Waals surface area contributed by atoms with Crippen molar-refractivity contribution in [2.45, 2.75) is 36.9 Å². The Bertz CT molecular complexity index is 765. The molecule has 1 aromatic rings. The lowest BCUT2D eigenvalue weighted by molar-refractivity contribution is -0.149. The predicted molar refractivity (Wildman–Crippen MR) is 83.9 cm³/mol. The van der Waals surface area contributed by atoms with Gasteiger partial charge in [-0.1, -0.05) is 6.07 Å². The maximum absolute atomic E-state index is 14.1. The number of benzene rings is 1. The van der Waals surface area contributed by atoms with E-state index in [1.54, 1.807) is 13.8 Å². The third-order valence-corrected chi connectivity index (χ3v) is 5.33. The first-order valence-electron chi connectivity index (χ1n) is 7.39. The van der Waals surface area contributed by atoms with E-state index in [2.05, 4.69) is 4.72 Å². The molecule has 1 aromatic carbocycles. The molecule has 24 heavy (non-hydrogen) atoms. The van der Waals surface area contributed by atoms with Crippen molar-refractivity contribution in [1.29, 1.82) is 0 Å². The molecule has 0 radical (unpaired) electrons. The van der Waals surface area contributed by atoms with Crippen LogP contribution in [0, 0.1) is 0 Å². The lowest BCUT2D eigenvalue weighted by atomic mass is 10.1. The molecule has 0 aromatic heterocycles. The number of carbonyl (C=O) groups is 2. The minimum absolute atomic E-state index is 0.0388.